The fourth-order valence-electron chi connectivity index (χ4n) is 2.44. The third-order valence-electron chi connectivity index (χ3n) is 3.66. The maximum Gasteiger partial charge on any atom is 0.277 e. The zero-order valence-electron chi connectivity index (χ0n) is 12.2. The molecule has 1 aliphatic rings. The number of rotatable bonds is 5. The first kappa shape index (κ1) is 14.6. The summed E-state index contributed by atoms with van der Waals surface area (Å²) in [6.07, 6.45) is 4.45. The summed E-state index contributed by atoms with van der Waals surface area (Å²) in [5.41, 5.74) is 4.88. The smallest absolute Gasteiger partial charge is 0.277 e. The van der Waals surface area contributed by atoms with Gasteiger partial charge in [0.1, 0.15) is 5.75 Å². The highest BCUT2D eigenvalue weighted by Gasteiger charge is 2.20. The predicted molar refractivity (Wildman–Crippen MR) is 79.9 cm³/mol. The van der Waals surface area contributed by atoms with Crippen LogP contribution in [0.2, 0.25) is 0 Å². The van der Waals surface area contributed by atoms with Crippen molar-refractivity contribution in [3.8, 4) is 5.75 Å². The van der Waals surface area contributed by atoms with Crippen LogP contribution < -0.4 is 10.2 Å². The molecule has 0 spiro atoms. The minimum absolute atomic E-state index is 0.00334. The summed E-state index contributed by atoms with van der Waals surface area (Å²) in [7, 11) is 0. The van der Waals surface area contributed by atoms with Crippen LogP contribution in [0.3, 0.4) is 0 Å². The van der Waals surface area contributed by atoms with Gasteiger partial charge in [0, 0.05) is 5.71 Å². The largest absolute Gasteiger partial charge is 0.484 e. The van der Waals surface area contributed by atoms with Crippen LogP contribution in [0.25, 0.3) is 0 Å². The van der Waals surface area contributed by atoms with Gasteiger partial charge in [-0.2, -0.15) is 5.10 Å². The van der Waals surface area contributed by atoms with Gasteiger partial charge < -0.3 is 4.74 Å². The van der Waals surface area contributed by atoms with Crippen LogP contribution in [-0.4, -0.2) is 18.2 Å². The van der Waals surface area contributed by atoms with Gasteiger partial charge in [-0.05, 0) is 50.7 Å². The van der Waals surface area contributed by atoms with Gasteiger partial charge in [-0.3, -0.25) is 4.79 Å². The SMILES string of the molecule is CCC1CCC/C1=N\NC(=O)COc1ccc(C)cc1. The molecule has 0 aromatic heterocycles. The molecule has 0 heterocycles. The second-order valence-electron chi connectivity index (χ2n) is 5.24. The van der Waals surface area contributed by atoms with E-state index < -0.39 is 0 Å². The number of carbonyl (C=O) groups is 1. The molecule has 0 bridgehead atoms. The van der Waals surface area contributed by atoms with E-state index >= 15 is 0 Å². The van der Waals surface area contributed by atoms with Crippen molar-refractivity contribution in [2.75, 3.05) is 6.61 Å². The number of carbonyl (C=O) groups excluding carboxylic acids is 1. The average molecular weight is 274 g/mol. The van der Waals surface area contributed by atoms with Crippen molar-refractivity contribution >= 4 is 11.6 Å². The topological polar surface area (TPSA) is 50.7 Å². The van der Waals surface area contributed by atoms with Gasteiger partial charge in [0.15, 0.2) is 6.61 Å². The summed E-state index contributed by atoms with van der Waals surface area (Å²) < 4.78 is 5.41. The standard InChI is InChI=1S/C16H22N2O2/c1-3-13-5-4-6-15(13)17-18-16(19)11-20-14-9-7-12(2)8-10-14/h7-10,13H,3-6,11H2,1-2H3,(H,18,19)/b17-15+. The Labute approximate surface area is 120 Å². The lowest BCUT2D eigenvalue weighted by Crippen LogP contribution is -2.26. The van der Waals surface area contributed by atoms with Gasteiger partial charge in [0.05, 0.1) is 0 Å². The number of amides is 1. The van der Waals surface area contributed by atoms with Gasteiger partial charge in [-0.25, -0.2) is 5.43 Å². The number of hydrogen-bond acceptors (Lipinski definition) is 3. The summed E-state index contributed by atoms with van der Waals surface area (Å²) in [5.74, 6) is 1.03. The summed E-state index contributed by atoms with van der Waals surface area (Å²) in [6.45, 7) is 4.17. The first-order valence-corrected chi connectivity index (χ1v) is 7.23. The number of hydrazone groups is 1. The number of nitrogens with zero attached hydrogens (tertiary/aromatic N) is 1. The lowest BCUT2D eigenvalue weighted by atomic mass is 10.0. The highest BCUT2D eigenvalue weighted by molar-refractivity contribution is 5.89. The van der Waals surface area contributed by atoms with E-state index in [4.69, 9.17) is 4.74 Å². The molecule has 0 saturated heterocycles. The van der Waals surface area contributed by atoms with Gasteiger partial charge in [-0.1, -0.05) is 24.6 Å². The molecule has 1 saturated carbocycles. The fourth-order valence-corrected chi connectivity index (χ4v) is 2.44. The summed E-state index contributed by atoms with van der Waals surface area (Å²) in [4.78, 5) is 11.7. The van der Waals surface area contributed by atoms with Crippen molar-refractivity contribution in [2.45, 2.75) is 39.5 Å². The molecule has 20 heavy (non-hydrogen) atoms. The summed E-state index contributed by atoms with van der Waals surface area (Å²) >= 11 is 0. The minimum Gasteiger partial charge on any atom is -0.484 e. The van der Waals surface area contributed by atoms with Crippen molar-refractivity contribution in [3.05, 3.63) is 29.8 Å². The first-order chi connectivity index (χ1) is 9.69. The molecule has 0 radical (unpaired) electrons. The van der Waals surface area contributed by atoms with Crippen molar-refractivity contribution in [3.63, 3.8) is 0 Å². The zero-order valence-corrected chi connectivity index (χ0v) is 12.2. The molecule has 0 aliphatic heterocycles. The van der Waals surface area contributed by atoms with E-state index in [9.17, 15) is 4.79 Å². The van der Waals surface area contributed by atoms with E-state index in [2.05, 4.69) is 17.5 Å². The number of aryl methyl sites for hydroxylation is 1. The molecular formula is C16H22N2O2. The van der Waals surface area contributed by atoms with E-state index in [1.165, 1.54) is 18.4 Å². The highest BCUT2D eigenvalue weighted by Crippen LogP contribution is 2.24. The average Bonchev–Trinajstić information content (AvgIpc) is 2.92. The summed E-state index contributed by atoms with van der Waals surface area (Å²) in [6, 6.07) is 7.63. The highest BCUT2D eigenvalue weighted by atomic mass is 16.5. The maximum atomic E-state index is 11.7. The van der Waals surface area contributed by atoms with E-state index in [0.29, 0.717) is 11.7 Å². The Hall–Kier alpha value is -1.84. The molecule has 4 heteroatoms. The Morgan fingerprint density at radius 1 is 1.40 bits per heavy atom. The second-order valence-corrected chi connectivity index (χ2v) is 5.24. The van der Waals surface area contributed by atoms with E-state index in [-0.39, 0.29) is 12.5 Å². The lowest BCUT2D eigenvalue weighted by Gasteiger charge is -2.08. The van der Waals surface area contributed by atoms with Crippen LogP contribution >= 0.6 is 0 Å². The van der Waals surface area contributed by atoms with Crippen molar-refractivity contribution in [1.29, 1.82) is 0 Å². The Morgan fingerprint density at radius 2 is 2.15 bits per heavy atom. The third kappa shape index (κ3) is 4.08. The van der Waals surface area contributed by atoms with Gasteiger partial charge in [0.2, 0.25) is 0 Å². The minimum atomic E-state index is -0.208. The van der Waals surface area contributed by atoms with Crippen LogP contribution in [0.4, 0.5) is 0 Å². The van der Waals surface area contributed by atoms with Gasteiger partial charge in [0.25, 0.3) is 5.91 Å². The van der Waals surface area contributed by atoms with Crippen LogP contribution in [0.15, 0.2) is 29.4 Å². The molecule has 1 unspecified atom stereocenters. The maximum absolute atomic E-state index is 11.7. The molecule has 4 nitrogen and oxygen atoms in total. The normalized spacial score (nSPS) is 20.1. The second kappa shape index (κ2) is 7.08. The lowest BCUT2D eigenvalue weighted by molar-refractivity contribution is -0.123. The monoisotopic (exact) mass is 274 g/mol. The fraction of sp³-hybridized carbons (Fsp3) is 0.500. The molecular weight excluding hydrogens is 252 g/mol. The Kier molecular flexibility index (Phi) is 5.16. The molecule has 1 aromatic rings. The van der Waals surface area contributed by atoms with Crippen LogP contribution in [0.5, 0.6) is 5.75 Å². The molecule has 1 aromatic carbocycles. The zero-order chi connectivity index (χ0) is 14.4. The first-order valence-electron chi connectivity index (χ1n) is 7.23. The molecule has 1 fully saturated rings. The van der Waals surface area contributed by atoms with Gasteiger partial charge >= 0.3 is 0 Å². The molecule has 2 rings (SSSR count). The molecule has 1 aliphatic carbocycles. The van der Waals surface area contributed by atoms with Crippen LogP contribution in [0.1, 0.15) is 38.2 Å². The Bertz CT molecular complexity index is 480. The van der Waals surface area contributed by atoms with E-state index in [1.54, 1.807) is 0 Å². The number of nitrogens with one attached hydrogen (secondary N) is 1. The number of hydrogen-bond donors (Lipinski definition) is 1. The quantitative estimate of drug-likeness (QED) is 0.839. The van der Waals surface area contributed by atoms with E-state index in [0.717, 1.165) is 18.6 Å². The summed E-state index contributed by atoms with van der Waals surface area (Å²) in [5, 5.41) is 4.24. The van der Waals surface area contributed by atoms with Crippen LogP contribution in [0, 0.1) is 12.8 Å². The molecule has 108 valence electrons. The van der Waals surface area contributed by atoms with E-state index in [1.807, 2.05) is 31.2 Å². The van der Waals surface area contributed by atoms with Crippen LogP contribution in [-0.2, 0) is 4.79 Å². The molecule has 1 amide bonds. The van der Waals surface area contributed by atoms with Crippen molar-refractivity contribution in [2.24, 2.45) is 11.0 Å². The Morgan fingerprint density at radius 3 is 2.85 bits per heavy atom. The number of ether oxygens (including phenoxy) is 1. The molecule has 1 N–H and O–H groups in total. The van der Waals surface area contributed by atoms with Crippen molar-refractivity contribution in [1.82, 2.24) is 5.43 Å². The molecule has 1 atom stereocenters. The van der Waals surface area contributed by atoms with Crippen molar-refractivity contribution < 1.29 is 9.53 Å². The third-order valence-corrected chi connectivity index (χ3v) is 3.66. The predicted octanol–water partition coefficient (Wildman–Crippen LogP) is 3.06. The Balaban J connectivity index is 1.78. The number of benzene rings is 1. The van der Waals surface area contributed by atoms with Gasteiger partial charge in [-0.15, -0.1) is 0 Å².